The van der Waals surface area contributed by atoms with Crippen molar-refractivity contribution in [3.8, 4) is 0 Å². The molecule has 1 aromatic heterocycles. The number of nitrogens with zero attached hydrogens (tertiary/aromatic N) is 2. The summed E-state index contributed by atoms with van der Waals surface area (Å²) in [5, 5.41) is 2.82. The van der Waals surface area contributed by atoms with Gasteiger partial charge in [0, 0.05) is 6.20 Å². The van der Waals surface area contributed by atoms with Crippen LogP contribution in [0.5, 0.6) is 0 Å². The Morgan fingerprint density at radius 1 is 1.11 bits per heavy atom. The molecule has 0 radical (unpaired) electrons. The van der Waals surface area contributed by atoms with Gasteiger partial charge in [0.2, 0.25) is 0 Å². The number of carbonyl (C=O) groups excluding carboxylic acids is 2. The number of pyridine rings is 1. The molecule has 3 amide bonds. The number of benzene rings is 1. The van der Waals surface area contributed by atoms with Crippen molar-refractivity contribution in [2.24, 2.45) is 0 Å². The van der Waals surface area contributed by atoms with E-state index in [1.54, 1.807) is 25.3 Å². The van der Waals surface area contributed by atoms with E-state index in [1.807, 2.05) is 19.9 Å². The third-order valence-corrected chi connectivity index (χ3v) is 5.33. The molecule has 1 N–H and O–H groups in total. The number of hydrogen-bond acceptors (Lipinski definition) is 3. The smallest absolute Gasteiger partial charge is 0.318 e. The van der Waals surface area contributed by atoms with Gasteiger partial charge in [-0.2, -0.15) is 0 Å². The standard InChI is InChI=1S/C22H27N3O2/c1-14-11-16(21(3,4)5)12-15(2)17(14)13-25-19(26)22(6,24-20(25)27)18-9-7-8-10-23-18/h7-12H,13H2,1-6H3,(H,24,27). The van der Waals surface area contributed by atoms with Crippen LogP contribution in [0.2, 0.25) is 0 Å². The van der Waals surface area contributed by atoms with Crippen molar-refractivity contribution in [3.05, 3.63) is 64.5 Å². The summed E-state index contributed by atoms with van der Waals surface area (Å²) in [6.07, 6.45) is 1.63. The van der Waals surface area contributed by atoms with Crippen LogP contribution in [0.4, 0.5) is 4.79 Å². The van der Waals surface area contributed by atoms with E-state index in [9.17, 15) is 9.59 Å². The van der Waals surface area contributed by atoms with Crippen molar-refractivity contribution >= 4 is 11.9 Å². The molecule has 27 heavy (non-hydrogen) atoms. The topological polar surface area (TPSA) is 62.3 Å². The summed E-state index contributed by atoms with van der Waals surface area (Å²) in [6.45, 7) is 12.6. The minimum absolute atomic E-state index is 0.0481. The van der Waals surface area contributed by atoms with Gasteiger partial charge in [-0.25, -0.2) is 4.79 Å². The number of aryl methyl sites for hydroxylation is 2. The number of nitrogens with one attached hydrogen (secondary N) is 1. The summed E-state index contributed by atoms with van der Waals surface area (Å²) >= 11 is 0. The number of aromatic nitrogens is 1. The van der Waals surface area contributed by atoms with Gasteiger partial charge in [0.05, 0.1) is 12.2 Å². The van der Waals surface area contributed by atoms with Gasteiger partial charge in [-0.15, -0.1) is 0 Å². The quantitative estimate of drug-likeness (QED) is 0.838. The molecule has 1 atom stereocenters. The van der Waals surface area contributed by atoms with Crippen molar-refractivity contribution in [1.82, 2.24) is 15.2 Å². The van der Waals surface area contributed by atoms with E-state index < -0.39 is 5.54 Å². The zero-order valence-corrected chi connectivity index (χ0v) is 16.9. The molecule has 5 heteroatoms. The third kappa shape index (κ3) is 3.34. The summed E-state index contributed by atoms with van der Waals surface area (Å²) in [5.41, 5.74) is 3.90. The molecule has 0 bridgehead atoms. The molecule has 0 spiro atoms. The Hall–Kier alpha value is -2.69. The summed E-state index contributed by atoms with van der Waals surface area (Å²) in [5.74, 6) is -0.273. The van der Waals surface area contributed by atoms with Crippen LogP contribution in [0.25, 0.3) is 0 Å². The monoisotopic (exact) mass is 365 g/mol. The normalized spacial score (nSPS) is 20.1. The van der Waals surface area contributed by atoms with Gasteiger partial charge in [0.1, 0.15) is 0 Å². The maximum Gasteiger partial charge on any atom is 0.325 e. The highest BCUT2D eigenvalue weighted by Gasteiger charge is 2.50. The van der Waals surface area contributed by atoms with E-state index in [2.05, 4.69) is 43.2 Å². The first kappa shape index (κ1) is 19.1. The van der Waals surface area contributed by atoms with E-state index in [1.165, 1.54) is 10.5 Å². The lowest BCUT2D eigenvalue weighted by molar-refractivity contribution is -0.131. The molecule has 1 aromatic carbocycles. The van der Waals surface area contributed by atoms with E-state index in [0.717, 1.165) is 16.7 Å². The van der Waals surface area contributed by atoms with Gasteiger partial charge in [0.15, 0.2) is 5.54 Å². The number of hydrogen-bond donors (Lipinski definition) is 1. The lowest BCUT2D eigenvalue weighted by atomic mass is 9.83. The Kier molecular flexibility index (Phi) is 4.58. The fourth-order valence-corrected chi connectivity index (χ4v) is 3.51. The second kappa shape index (κ2) is 6.48. The van der Waals surface area contributed by atoms with Gasteiger partial charge >= 0.3 is 6.03 Å². The Labute approximate surface area is 160 Å². The molecule has 1 aliphatic heterocycles. The first-order valence-corrected chi connectivity index (χ1v) is 9.20. The van der Waals surface area contributed by atoms with Gasteiger partial charge in [-0.05, 0) is 60.6 Å². The van der Waals surface area contributed by atoms with Crippen molar-refractivity contribution in [3.63, 3.8) is 0 Å². The van der Waals surface area contributed by atoms with Crippen LogP contribution >= 0.6 is 0 Å². The molecule has 3 rings (SSSR count). The fourth-order valence-electron chi connectivity index (χ4n) is 3.51. The number of amides is 3. The maximum absolute atomic E-state index is 13.1. The molecule has 5 nitrogen and oxygen atoms in total. The van der Waals surface area contributed by atoms with E-state index >= 15 is 0 Å². The molecular formula is C22H27N3O2. The van der Waals surface area contributed by atoms with E-state index in [4.69, 9.17) is 0 Å². The minimum Gasteiger partial charge on any atom is -0.318 e. The fraction of sp³-hybridized carbons (Fsp3) is 0.409. The van der Waals surface area contributed by atoms with Crippen LogP contribution in [0, 0.1) is 13.8 Å². The average molecular weight is 365 g/mol. The molecule has 1 aliphatic rings. The van der Waals surface area contributed by atoms with Gasteiger partial charge in [0.25, 0.3) is 5.91 Å². The first-order chi connectivity index (χ1) is 12.5. The van der Waals surface area contributed by atoms with Gasteiger partial charge in [-0.1, -0.05) is 39.0 Å². The zero-order valence-electron chi connectivity index (χ0n) is 16.9. The van der Waals surface area contributed by atoms with Crippen LogP contribution in [0.3, 0.4) is 0 Å². The first-order valence-electron chi connectivity index (χ1n) is 9.20. The predicted octanol–water partition coefficient (Wildman–Crippen LogP) is 3.96. The second-order valence-electron chi connectivity index (χ2n) is 8.50. The Morgan fingerprint density at radius 2 is 1.74 bits per heavy atom. The summed E-state index contributed by atoms with van der Waals surface area (Å²) in [6, 6.07) is 9.28. The molecule has 2 heterocycles. The molecular weight excluding hydrogens is 338 g/mol. The minimum atomic E-state index is -1.13. The Morgan fingerprint density at radius 3 is 2.26 bits per heavy atom. The van der Waals surface area contributed by atoms with Crippen LogP contribution in [-0.4, -0.2) is 21.8 Å². The SMILES string of the molecule is Cc1cc(C(C)(C)C)cc(C)c1CN1C(=O)NC(C)(c2ccccn2)C1=O. The van der Waals surface area contributed by atoms with Crippen LogP contribution in [0.15, 0.2) is 36.5 Å². The van der Waals surface area contributed by atoms with Gasteiger partial charge in [-0.3, -0.25) is 14.7 Å². The number of urea groups is 1. The molecule has 0 saturated carbocycles. The number of carbonyl (C=O) groups is 2. The van der Waals surface area contributed by atoms with Crippen LogP contribution in [0.1, 0.15) is 55.6 Å². The zero-order chi connectivity index (χ0) is 20.0. The number of rotatable bonds is 3. The highest BCUT2D eigenvalue weighted by atomic mass is 16.2. The highest BCUT2D eigenvalue weighted by molar-refractivity contribution is 6.06. The lowest BCUT2D eigenvalue weighted by Gasteiger charge is -2.24. The third-order valence-electron chi connectivity index (χ3n) is 5.33. The number of imide groups is 1. The van der Waals surface area contributed by atoms with Crippen LogP contribution in [-0.2, 0) is 22.3 Å². The largest absolute Gasteiger partial charge is 0.325 e. The molecule has 2 aromatic rings. The molecule has 1 saturated heterocycles. The lowest BCUT2D eigenvalue weighted by Crippen LogP contribution is -2.41. The van der Waals surface area contributed by atoms with Crippen molar-refractivity contribution in [2.75, 3.05) is 0 Å². The summed E-state index contributed by atoms with van der Waals surface area (Å²) in [7, 11) is 0. The molecule has 0 aliphatic carbocycles. The predicted molar refractivity (Wildman–Crippen MR) is 105 cm³/mol. The molecule has 1 unspecified atom stereocenters. The Balaban J connectivity index is 1.93. The Bertz CT molecular complexity index is 877. The van der Waals surface area contributed by atoms with E-state index in [0.29, 0.717) is 5.69 Å². The molecule has 142 valence electrons. The van der Waals surface area contributed by atoms with Crippen molar-refractivity contribution in [2.45, 2.75) is 59.0 Å². The van der Waals surface area contributed by atoms with E-state index in [-0.39, 0.29) is 23.9 Å². The summed E-state index contributed by atoms with van der Waals surface area (Å²) < 4.78 is 0. The van der Waals surface area contributed by atoms with Gasteiger partial charge < -0.3 is 5.32 Å². The average Bonchev–Trinajstić information content (AvgIpc) is 2.81. The summed E-state index contributed by atoms with van der Waals surface area (Å²) in [4.78, 5) is 31.2. The maximum atomic E-state index is 13.1. The van der Waals surface area contributed by atoms with Crippen LogP contribution < -0.4 is 5.32 Å². The second-order valence-corrected chi connectivity index (χ2v) is 8.50. The molecule has 1 fully saturated rings. The highest BCUT2D eigenvalue weighted by Crippen LogP contribution is 2.31. The van der Waals surface area contributed by atoms with Crippen molar-refractivity contribution in [1.29, 1.82) is 0 Å². The van der Waals surface area contributed by atoms with Crippen molar-refractivity contribution < 1.29 is 9.59 Å².